The molecular weight excluding hydrogens is 266 g/mol. The maximum absolute atomic E-state index is 12.4. The van der Waals surface area contributed by atoms with Crippen LogP contribution in [0.15, 0.2) is 30.3 Å². The molecule has 0 N–H and O–H groups in total. The van der Waals surface area contributed by atoms with E-state index in [2.05, 4.69) is 27.9 Å². The van der Waals surface area contributed by atoms with Crippen LogP contribution in [0.3, 0.4) is 0 Å². The number of Topliss-reactive ketones (excluding diaryl/α,β-unsaturated/α-hetero) is 1. The molecular formula is C13H16BrNO. The van der Waals surface area contributed by atoms with Crippen molar-refractivity contribution in [3.8, 4) is 0 Å². The highest BCUT2D eigenvalue weighted by Crippen LogP contribution is 2.32. The summed E-state index contributed by atoms with van der Waals surface area (Å²) in [4.78, 5) is 14.6. The van der Waals surface area contributed by atoms with Crippen molar-refractivity contribution in [2.45, 2.75) is 17.2 Å². The number of piperidine rings is 1. The zero-order valence-electron chi connectivity index (χ0n) is 9.45. The van der Waals surface area contributed by atoms with E-state index in [1.165, 1.54) is 0 Å². The molecule has 1 aromatic carbocycles. The third kappa shape index (κ3) is 2.36. The zero-order chi connectivity index (χ0) is 11.6. The van der Waals surface area contributed by atoms with Crippen LogP contribution >= 0.6 is 15.9 Å². The van der Waals surface area contributed by atoms with Crippen LogP contribution in [-0.4, -0.2) is 35.1 Å². The van der Waals surface area contributed by atoms with Crippen LogP contribution in [0.2, 0.25) is 0 Å². The molecule has 0 bridgehead atoms. The average Bonchev–Trinajstić information content (AvgIpc) is 2.29. The van der Waals surface area contributed by atoms with Crippen molar-refractivity contribution < 1.29 is 4.79 Å². The number of benzene rings is 1. The summed E-state index contributed by atoms with van der Waals surface area (Å²) in [6.07, 6.45) is 1.99. The van der Waals surface area contributed by atoms with Gasteiger partial charge in [-0.2, -0.15) is 0 Å². The van der Waals surface area contributed by atoms with Crippen LogP contribution in [0, 0.1) is 0 Å². The summed E-state index contributed by atoms with van der Waals surface area (Å²) >= 11 is 3.65. The second-order valence-electron chi connectivity index (χ2n) is 4.50. The van der Waals surface area contributed by atoms with Gasteiger partial charge in [0, 0.05) is 12.1 Å². The topological polar surface area (TPSA) is 20.3 Å². The molecule has 1 aliphatic heterocycles. The standard InChI is InChI=1S/C13H16BrNO/c1-15-9-5-8-13(14,10-15)12(16)11-6-3-2-4-7-11/h2-4,6-7H,5,8-10H2,1H3/t13-/m1/s1. The van der Waals surface area contributed by atoms with Gasteiger partial charge in [0.2, 0.25) is 0 Å². The summed E-state index contributed by atoms with van der Waals surface area (Å²) in [6, 6.07) is 9.54. The normalized spacial score (nSPS) is 26.6. The van der Waals surface area contributed by atoms with Crippen molar-refractivity contribution in [3.05, 3.63) is 35.9 Å². The first-order chi connectivity index (χ1) is 7.62. The van der Waals surface area contributed by atoms with E-state index in [1.807, 2.05) is 30.3 Å². The van der Waals surface area contributed by atoms with E-state index < -0.39 is 0 Å². The number of carbonyl (C=O) groups excluding carboxylic acids is 1. The summed E-state index contributed by atoms with van der Waals surface area (Å²) in [7, 11) is 2.06. The van der Waals surface area contributed by atoms with E-state index in [4.69, 9.17) is 0 Å². The first-order valence-electron chi connectivity index (χ1n) is 5.59. The number of ketones is 1. The predicted octanol–water partition coefficient (Wildman–Crippen LogP) is 2.73. The van der Waals surface area contributed by atoms with E-state index in [0.29, 0.717) is 0 Å². The van der Waals surface area contributed by atoms with E-state index in [1.54, 1.807) is 0 Å². The maximum Gasteiger partial charge on any atom is 0.180 e. The molecule has 16 heavy (non-hydrogen) atoms. The van der Waals surface area contributed by atoms with E-state index in [0.717, 1.165) is 31.5 Å². The lowest BCUT2D eigenvalue weighted by atomic mass is 9.90. The summed E-state index contributed by atoms with van der Waals surface area (Å²) in [5, 5.41) is 0. The zero-order valence-corrected chi connectivity index (χ0v) is 11.0. The highest BCUT2D eigenvalue weighted by Gasteiger charge is 2.38. The Morgan fingerprint density at radius 1 is 1.38 bits per heavy atom. The molecule has 86 valence electrons. The molecule has 1 aliphatic rings. The van der Waals surface area contributed by atoms with Gasteiger partial charge in [0.15, 0.2) is 5.78 Å². The van der Waals surface area contributed by atoms with Crippen LogP contribution in [-0.2, 0) is 0 Å². The fourth-order valence-electron chi connectivity index (χ4n) is 2.25. The summed E-state index contributed by atoms with van der Waals surface area (Å²) in [5.41, 5.74) is 0.801. The van der Waals surface area contributed by atoms with Crippen molar-refractivity contribution in [2.24, 2.45) is 0 Å². The molecule has 3 heteroatoms. The molecule has 2 nitrogen and oxygen atoms in total. The Morgan fingerprint density at radius 3 is 2.69 bits per heavy atom. The Labute approximate surface area is 105 Å². The summed E-state index contributed by atoms with van der Waals surface area (Å²) in [6.45, 7) is 1.87. The van der Waals surface area contributed by atoms with Crippen molar-refractivity contribution >= 4 is 21.7 Å². The number of alkyl halides is 1. The molecule has 1 fully saturated rings. The quantitative estimate of drug-likeness (QED) is 0.614. The Bertz CT molecular complexity index is 379. The van der Waals surface area contributed by atoms with Crippen molar-refractivity contribution in [1.29, 1.82) is 0 Å². The van der Waals surface area contributed by atoms with Crippen LogP contribution in [0.25, 0.3) is 0 Å². The van der Waals surface area contributed by atoms with Gasteiger partial charge in [-0.25, -0.2) is 0 Å². The van der Waals surface area contributed by atoms with Gasteiger partial charge in [-0.05, 0) is 26.4 Å². The Balaban J connectivity index is 2.21. The van der Waals surface area contributed by atoms with Gasteiger partial charge in [-0.3, -0.25) is 4.79 Å². The third-order valence-corrected chi connectivity index (χ3v) is 4.08. The summed E-state index contributed by atoms with van der Waals surface area (Å²) < 4.78 is -0.388. The van der Waals surface area contributed by atoms with Crippen LogP contribution in [0.1, 0.15) is 23.2 Å². The van der Waals surface area contributed by atoms with Gasteiger partial charge >= 0.3 is 0 Å². The molecule has 0 aliphatic carbocycles. The molecule has 1 saturated heterocycles. The first kappa shape index (κ1) is 11.8. The van der Waals surface area contributed by atoms with Crippen molar-refractivity contribution in [1.82, 2.24) is 4.90 Å². The maximum atomic E-state index is 12.4. The smallest absolute Gasteiger partial charge is 0.180 e. The fraction of sp³-hybridized carbons (Fsp3) is 0.462. The Morgan fingerprint density at radius 2 is 2.06 bits per heavy atom. The number of likely N-dealkylation sites (tertiary alicyclic amines) is 1. The van der Waals surface area contributed by atoms with Crippen LogP contribution < -0.4 is 0 Å². The number of rotatable bonds is 2. The SMILES string of the molecule is CN1CCC[C@](Br)(C(=O)c2ccccc2)C1. The van der Waals surface area contributed by atoms with E-state index >= 15 is 0 Å². The number of nitrogens with zero attached hydrogens (tertiary/aromatic N) is 1. The van der Waals surface area contributed by atoms with E-state index in [-0.39, 0.29) is 10.1 Å². The number of hydrogen-bond acceptors (Lipinski definition) is 2. The minimum Gasteiger partial charge on any atom is -0.305 e. The molecule has 1 atom stereocenters. The van der Waals surface area contributed by atoms with Gasteiger partial charge in [0.1, 0.15) is 4.32 Å². The minimum atomic E-state index is -0.388. The van der Waals surface area contributed by atoms with Crippen molar-refractivity contribution in [2.75, 3.05) is 20.1 Å². The first-order valence-corrected chi connectivity index (χ1v) is 6.38. The minimum absolute atomic E-state index is 0.208. The Hall–Kier alpha value is -0.670. The highest BCUT2D eigenvalue weighted by molar-refractivity contribution is 9.10. The number of halogens is 1. The lowest BCUT2D eigenvalue weighted by Gasteiger charge is -2.35. The Kier molecular flexibility index (Phi) is 3.45. The molecule has 0 unspecified atom stereocenters. The van der Waals surface area contributed by atoms with Gasteiger partial charge < -0.3 is 4.90 Å². The molecule has 1 aromatic rings. The molecule has 0 spiro atoms. The highest BCUT2D eigenvalue weighted by atomic mass is 79.9. The number of carbonyl (C=O) groups is 1. The lowest BCUT2D eigenvalue weighted by molar-refractivity contribution is 0.0889. The molecule has 0 radical (unpaired) electrons. The second kappa shape index (κ2) is 4.68. The molecule has 0 saturated carbocycles. The second-order valence-corrected chi connectivity index (χ2v) is 6.02. The monoisotopic (exact) mass is 281 g/mol. The van der Waals surface area contributed by atoms with Crippen LogP contribution in [0.5, 0.6) is 0 Å². The largest absolute Gasteiger partial charge is 0.305 e. The molecule has 0 aromatic heterocycles. The van der Waals surface area contributed by atoms with Crippen molar-refractivity contribution in [3.63, 3.8) is 0 Å². The fourth-order valence-corrected chi connectivity index (χ4v) is 3.19. The van der Waals surface area contributed by atoms with Gasteiger partial charge in [-0.1, -0.05) is 46.3 Å². The summed E-state index contributed by atoms with van der Waals surface area (Å²) in [5.74, 6) is 0.208. The molecule has 2 rings (SSSR count). The third-order valence-electron chi connectivity index (χ3n) is 3.08. The lowest BCUT2D eigenvalue weighted by Crippen LogP contribution is -2.47. The van der Waals surface area contributed by atoms with Gasteiger partial charge in [0.05, 0.1) is 0 Å². The van der Waals surface area contributed by atoms with Gasteiger partial charge in [0.25, 0.3) is 0 Å². The predicted molar refractivity (Wildman–Crippen MR) is 69.2 cm³/mol. The van der Waals surface area contributed by atoms with Gasteiger partial charge in [-0.15, -0.1) is 0 Å². The molecule has 1 heterocycles. The molecule has 0 amide bonds. The van der Waals surface area contributed by atoms with E-state index in [9.17, 15) is 4.79 Å². The number of hydrogen-bond donors (Lipinski definition) is 0. The van der Waals surface area contributed by atoms with Crippen LogP contribution in [0.4, 0.5) is 0 Å². The average molecular weight is 282 g/mol.